The van der Waals surface area contributed by atoms with Gasteiger partial charge in [-0.05, 0) is 5.92 Å². The summed E-state index contributed by atoms with van der Waals surface area (Å²) in [6, 6.07) is 0. The van der Waals surface area contributed by atoms with Crippen molar-refractivity contribution in [2.24, 2.45) is 5.92 Å². The third-order valence-electron chi connectivity index (χ3n) is 2.79. The maximum atomic E-state index is 3.92. The van der Waals surface area contributed by atoms with Crippen molar-refractivity contribution in [1.29, 1.82) is 0 Å². The van der Waals surface area contributed by atoms with Gasteiger partial charge in [0, 0.05) is 0 Å². The van der Waals surface area contributed by atoms with Crippen molar-refractivity contribution < 1.29 is 0 Å². The molecule has 0 saturated heterocycles. The lowest BCUT2D eigenvalue weighted by molar-refractivity contribution is 0.385. The first-order chi connectivity index (χ1) is 6.35. The second-order valence-corrected chi connectivity index (χ2v) is 4.15. The summed E-state index contributed by atoms with van der Waals surface area (Å²) in [4.78, 5) is 0. The van der Waals surface area contributed by atoms with E-state index >= 15 is 0 Å². The molecule has 0 aromatic rings. The summed E-state index contributed by atoms with van der Waals surface area (Å²) in [5.41, 5.74) is 0. The van der Waals surface area contributed by atoms with E-state index in [9.17, 15) is 0 Å². The minimum Gasteiger partial charge on any atom is -0.0654 e. The largest absolute Gasteiger partial charge is 0.0654 e. The molecule has 0 nitrogen and oxygen atoms in total. The molecule has 0 spiro atoms. The Morgan fingerprint density at radius 3 is 1.69 bits per heavy atom. The summed E-state index contributed by atoms with van der Waals surface area (Å²) < 4.78 is 0. The molecule has 1 radical (unpaired) electrons. The van der Waals surface area contributed by atoms with Gasteiger partial charge in [-0.25, -0.2) is 0 Å². The van der Waals surface area contributed by atoms with Crippen LogP contribution in [0.25, 0.3) is 0 Å². The summed E-state index contributed by atoms with van der Waals surface area (Å²) in [7, 11) is 0. The Kier molecular flexibility index (Phi) is 10.1. The summed E-state index contributed by atoms with van der Waals surface area (Å²) in [6.45, 7) is 8.50. The van der Waals surface area contributed by atoms with Crippen LogP contribution in [0.2, 0.25) is 0 Å². The minimum atomic E-state index is 1.00. The van der Waals surface area contributed by atoms with Crippen LogP contribution in [0.5, 0.6) is 0 Å². The molecule has 0 atom stereocenters. The molecular formula is C13H27. The van der Waals surface area contributed by atoms with Gasteiger partial charge < -0.3 is 0 Å². The van der Waals surface area contributed by atoms with Crippen LogP contribution in [-0.2, 0) is 0 Å². The van der Waals surface area contributed by atoms with Gasteiger partial charge in [0.15, 0.2) is 0 Å². The van der Waals surface area contributed by atoms with Gasteiger partial charge >= 0.3 is 0 Å². The third-order valence-corrected chi connectivity index (χ3v) is 2.79. The molecule has 0 heteroatoms. The number of rotatable bonds is 9. The first-order valence-electron chi connectivity index (χ1n) is 6.14. The average Bonchev–Trinajstić information content (AvgIpc) is 2.17. The smallest absolute Gasteiger partial charge is 0.0414 e. The Morgan fingerprint density at radius 2 is 1.31 bits per heavy atom. The Bertz CT molecular complexity index is 67.0. The van der Waals surface area contributed by atoms with E-state index in [1.165, 1.54) is 51.4 Å². The van der Waals surface area contributed by atoms with E-state index in [-0.39, 0.29) is 0 Å². The van der Waals surface area contributed by atoms with E-state index in [1.54, 1.807) is 0 Å². The number of hydrogen-bond donors (Lipinski definition) is 0. The fourth-order valence-electron chi connectivity index (χ4n) is 1.85. The van der Waals surface area contributed by atoms with Crippen LogP contribution >= 0.6 is 0 Å². The van der Waals surface area contributed by atoms with E-state index in [1.807, 2.05) is 0 Å². The predicted octanol–water partition coefficient (Wildman–Crippen LogP) is 4.99. The monoisotopic (exact) mass is 183 g/mol. The lowest BCUT2D eigenvalue weighted by Crippen LogP contribution is -2.00. The summed E-state index contributed by atoms with van der Waals surface area (Å²) >= 11 is 0. The second-order valence-electron chi connectivity index (χ2n) is 4.15. The number of unbranched alkanes of at least 4 members (excludes halogenated alkanes) is 3. The van der Waals surface area contributed by atoms with Gasteiger partial charge in [-0.15, -0.1) is 0 Å². The molecule has 0 aliphatic carbocycles. The third kappa shape index (κ3) is 8.33. The quantitative estimate of drug-likeness (QED) is 0.472. The highest BCUT2D eigenvalue weighted by molar-refractivity contribution is 4.60. The summed E-state index contributed by atoms with van der Waals surface area (Å²) in [6.07, 6.45) is 12.3. The van der Waals surface area contributed by atoms with Crippen molar-refractivity contribution >= 4 is 0 Å². The molecule has 0 aromatic heterocycles. The van der Waals surface area contributed by atoms with Gasteiger partial charge in [-0.3, -0.25) is 0 Å². The number of hydrogen-bond acceptors (Lipinski definition) is 0. The van der Waals surface area contributed by atoms with Crippen LogP contribution in [0, 0.1) is 12.8 Å². The van der Waals surface area contributed by atoms with Crippen LogP contribution in [0.1, 0.15) is 71.6 Å². The summed E-state index contributed by atoms with van der Waals surface area (Å²) in [5, 5.41) is 0. The molecule has 13 heavy (non-hydrogen) atoms. The zero-order chi connectivity index (χ0) is 9.94. The van der Waals surface area contributed by atoms with E-state index in [0.717, 1.165) is 12.3 Å². The molecule has 0 heterocycles. The molecule has 0 amide bonds. The fourth-order valence-corrected chi connectivity index (χ4v) is 1.85. The zero-order valence-corrected chi connectivity index (χ0v) is 9.65. The normalized spacial score (nSPS) is 11.1. The Balaban J connectivity index is 3.47. The van der Waals surface area contributed by atoms with Crippen molar-refractivity contribution in [1.82, 2.24) is 0 Å². The van der Waals surface area contributed by atoms with E-state index in [2.05, 4.69) is 20.8 Å². The first kappa shape index (κ1) is 13.0. The standard InChI is InChI=1S/C13H27/c1-4-7-10-13(11-8-5-2)12-9-6-3/h13H,1,4-12H2,2-3H3. The lowest BCUT2D eigenvalue weighted by Gasteiger charge is -2.15. The molecule has 0 fully saturated rings. The molecule has 0 saturated carbocycles. The van der Waals surface area contributed by atoms with E-state index in [0.29, 0.717) is 0 Å². The fraction of sp³-hybridized carbons (Fsp3) is 0.923. The van der Waals surface area contributed by atoms with Crippen LogP contribution in [0.4, 0.5) is 0 Å². The van der Waals surface area contributed by atoms with Crippen LogP contribution in [0.15, 0.2) is 0 Å². The van der Waals surface area contributed by atoms with E-state index in [4.69, 9.17) is 0 Å². The highest BCUT2D eigenvalue weighted by Gasteiger charge is 2.06. The highest BCUT2D eigenvalue weighted by atomic mass is 14.1. The van der Waals surface area contributed by atoms with Crippen molar-refractivity contribution in [3.05, 3.63) is 6.92 Å². The van der Waals surface area contributed by atoms with Gasteiger partial charge in [0.25, 0.3) is 0 Å². The molecule has 0 aliphatic rings. The first-order valence-corrected chi connectivity index (χ1v) is 6.14. The molecule has 0 unspecified atom stereocenters. The average molecular weight is 183 g/mol. The molecule has 0 aliphatic heterocycles. The maximum absolute atomic E-state index is 3.92. The van der Waals surface area contributed by atoms with E-state index < -0.39 is 0 Å². The van der Waals surface area contributed by atoms with Crippen molar-refractivity contribution in [3.8, 4) is 0 Å². The van der Waals surface area contributed by atoms with Gasteiger partial charge in [0.2, 0.25) is 0 Å². The minimum absolute atomic E-state index is 1.00. The topological polar surface area (TPSA) is 0 Å². The van der Waals surface area contributed by atoms with Crippen LogP contribution in [0.3, 0.4) is 0 Å². The van der Waals surface area contributed by atoms with Gasteiger partial charge in [0.05, 0.1) is 0 Å². The molecular weight excluding hydrogens is 156 g/mol. The van der Waals surface area contributed by atoms with Crippen molar-refractivity contribution in [2.75, 3.05) is 0 Å². The van der Waals surface area contributed by atoms with Gasteiger partial charge in [0.1, 0.15) is 0 Å². The maximum Gasteiger partial charge on any atom is -0.0414 e. The molecule has 79 valence electrons. The summed E-state index contributed by atoms with van der Waals surface area (Å²) in [5.74, 6) is 1.00. The van der Waals surface area contributed by atoms with Gasteiger partial charge in [-0.1, -0.05) is 78.6 Å². The predicted molar refractivity (Wildman–Crippen MR) is 61.7 cm³/mol. The van der Waals surface area contributed by atoms with Crippen molar-refractivity contribution in [3.63, 3.8) is 0 Å². The molecule has 0 N–H and O–H groups in total. The van der Waals surface area contributed by atoms with Crippen LogP contribution < -0.4 is 0 Å². The zero-order valence-electron chi connectivity index (χ0n) is 9.65. The molecule has 0 aromatic carbocycles. The SMILES string of the molecule is [CH2]CCCC(CCCC)CCCC. The molecule has 0 rings (SSSR count). The van der Waals surface area contributed by atoms with Crippen LogP contribution in [-0.4, -0.2) is 0 Å². The van der Waals surface area contributed by atoms with Gasteiger partial charge in [-0.2, -0.15) is 0 Å². The Labute approximate surface area is 85.1 Å². The Hall–Kier alpha value is 0. The molecule has 0 bridgehead atoms. The van der Waals surface area contributed by atoms with Crippen molar-refractivity contribution in [2.45, 2.75) is 71.6 Å². The lowest BCUT2D eigenvalue weighted by atomic mass is 9.91. The Morgan fingerprint density at radius 1 is 0.846 bits per heavy atom. The second kappa shape index (κ2) is 10.1. The highest BCUT2D eigenvalue weighted by Crippen LogP contribution is 2.21.